The fourth-order valence-corrected chi connectivity index (χ4v) is 5.22. The summed E-state index contributed by atoms with van der Waals surface area (Å²) >= 11 is 0. The minimum atomic E-state index is -1.01. The maximum absolute atomic E-state index is 13.6. The minimum Gasteiger partial charge on any atom is -0.379 e. The van der Waals surface area contributed by atoms with Crippen LogP contribution >= 0.6 is 0 Å². The third-order valence-electron chi connectivity index (χ3n) is 7.60. The van der Waals surface area contributed by atoms with Crippen LogP contribution in [0.1, 0.15) is 33.5 Å². The van der Waals surface area contributed by atoms with E-state index in [9.17, 15) is 14.4 Å². The number of hydrogen-bond acceptors (Lipinski definition) is 5. The van der Waals surface area contributed by atoms with E-state index in [1.54, 1.807) is 12.1 Å². The van der Waals surface area contributed by atoms with Gasteiger partial charge < -0.3 is 15.4 Å². The Bertz CT molecular complexity index is 1580. The molecule has 1 fully saturated rings. The smallest absolute Gasteiger partial charge is 0.289 e. The first-order chi connectivity index (χ1) is 21.1. The Hall–Kier alpha value is -4.59. The van der Waals surface area contributed by atoms with Gasteiger partial charge in [0.25, 0.3) is 11.8 Å². The van der Waals surface area contributed by atoms with E-state index in [2.05, 4.69) is 39.8 Å². The number of nitrogens with zero attached hydrogens (tertiary/aromatic N) is 1. The van der Waals surface area contributed by atoms with E-state index < -0.39 is 23.6 Å². The number of hydrogen-bond donors (Lipinski definition) is 2. The molecule has 0 radical (unpaired) electrons. The lowest BCUT2D eigenvalue weighted by Gasteiger charge is -2.26. The Morgan fingerprint density at radius 1 is 0.814 bits per heavy atom. The highest BCUT2D eigenvalue weighted by atomic mass is 16.5. The molecule has 43 heavy (non-hydrogen) atoms. The monoisotopic (exact) mass is 575 g/mol. The second-order valence-electron chi connectivity index (χ2n) is 10.7. The first-order valence-corrected chi connectivity index (χ1v) is 14.8. The maximum Gasteiger partial charge on any atom is 0.289 e. The molecule has 2 N–H and O–H groups in total. The van der Waals surface area contributed by atoms with Gasteiger partial charge in [-0.1, -0.05) is 97.1 Å². The predicted molar refractivity (Wildman–Crippen MR) is 171 cm³/mol. The summed E-state index contributed by atoms with van der Waals surface area (Å²) in [5.41, 5.74) is 3.00. The van der Waals surface area contributed by atoms with Crippen LogP contribution in [-0.2, 0) is 20.7 Å². The van der Waals surface area contributed by atoms with E-state index in [-0.39, 0.29) is 6.42 Å². The van der Waals surface area contributed by atoms with Gasteiger partial charge in [0.2, 0.25) is 5.78 Å². The lowest BCUT2D eigenvalue weighted by atomic mass is 10.00. The minimum absolute atomic E-state index is 0.210. The van der Waals surface area contributed by atoms with Crippen molar-refractivity contribution in [3.8, 4) is 0 Å². The molecule has 220 valence electrons. The fraction of sp³-hybridized carbons (Fsp3) is 0.250. The molecule has 1 atom stereocenters. The molecule has 4 aromatic carbocycles. The van der Waals surface area contributed by atoms with Gasteiger partial charge in [0.1, 0.15) is 6.04 Å². The zero-order chi connectivity index (χ0) is 29.9. The van der Waals surface area contributed by atoms with Crippen LogP contribution in [-0.4, -0.2) is 67.9 Å². The van der Waals surface area contributed by atoms with Crippen LogP contribution in [0.4, 0.5) is 0 Å². The quantitative estimate of drug-likeness (QED) is 0.145. The number of fused-ring (bicyclic) bond motifs is 1. The highest BCUT2D eigenvalue weighted by Crippen LogP contribution is 2.19. The molecule has 2 amide bonds. The normalized spacial score (nSPS) is 14.4. The number of nitrogens with one attached hydrogen (secondary N) is 2. The molecule has 0 aliphatic carbocycles. The largest absolute Gasteiger partial charge is 0.379 e. The third kappa shape index (κ3) is 8.47. The number of carbonyl (C=O) groups excluding carboxylic acids is 3. The van der Waals surface area contributed by atoms with Gasteiger partial charge >= 0.3 is 0 Å². The van der Waals surface area contributed by atoms with Crippen molar-refractivity contribution in [3.05, 3.63) is 119 Å². The number of ketones is 1. The van der Waals surface area contributed by atoms with Crippen molar-refractivity contribution in [2.45, 2.75) is 18.9 Å². The van der Waals surface area contributed by atoms with Gasteiger partial charge in [-0.3, -0.25) is 19.3 Å². The van der Waals surface area contributed by atoms with Crippen molar-refractivity contribution in [1.29, 1.82) is 0 Å². The van der Waals surface area contributed by atoms with Crippen LogP contribution in [0.15, 0.2) is 97.1 Å². The number of ether oxygens (including phenoxy) is 1. The van der Waals surface area contributed by atoms with Gasteiger partial charge in [0.15, 0.2) is 0 Å². The highest BCUT2D eigenvalue weighted by Gasteiger charge is 2.28. The summed E-state index contributed by atoms with van der Waals surface area (Å²) in [6, 6.07) is 30.0. The molecule has 0 unspecified atom stereocenters. The predicted octanol–water partition coefficient (Wildman–Crippen LogP) is 4.76. The van der Waals surface area contributed by atoms with E-state index in [1.165, 1.54) is 0 Å². The summed E-state index contributed by atoms with van der Waals surface area (Å²) in [5.74, 6) is -1.76. The van der Waals surface area contributed by atoms with Crippen LogP contribution < -0.4 is 10.6 Å². The molecule has 1 aliphatic heterocycles. The summed E-state index contributed by atoms with van der Waals surface area (Å²) < 4.78 is 5.38. The van der Waals surface area contributed by atoms with E-state index >= 15 is 0 Å². The van der Waals surface area contributed by atoms with Gasteiger partial charge in [-0.2, -0.15) is 0 Å². The van der Waals surface area contributed by atoms with Crippen LogP contribution in [0.5, 0.6) is 0 Å². The third-order valence-corrected chi connectivity index (χ3v) is 7.60. The average Bonchev–Trinajstić information content (AvgIpc) is 3.06. The number of carbonyl (C=O) groups is 3. The molecule has 5 rings (SSSR count). The van der Waals surface area contributed by atoms with E-state index in [1.807, 2.05) is 72.8 Å². The topological polar surface area (TPSA) is 87.7 Å². The van der Waals surface area contributed by atoms with E-state index in [4.69, 9.17) is 4.74 Å². The summed E-state index contributed by atoms with van der Waals surface area (Å²) in [5, 5.41) is 7.92. The Morgan fingerprint density at radius 3 is 2.35 bits per heavy atom. The Balaban J connectivity index is 1.27. The number of rotatable bonds is 12. The van der Waals surface area contributed by atoms with Gasteiger partial charge in [-0.05, 0) is 52.6 Å². The van der Waals surface area contributed by atoms with Crippen molar-refractivity contribution in [3.63, 3.8) is 0 Å². The number of morpholine rings is 1. The number of benzene rings is 4. The molecule has 0 bridgehead atoms. The molecule has 0 aromatic heterocycles. The first kappa shape index (κ1) is 29.9. The lowest BCUT2D eigenvalue weighted by Crippen LogP contribution is -2.49. The zero-order valence-electron chi connectivity index (χ0n) is 24.2. The molecule has 1 saturated heterocycles. The Labute approximate surface area is 252 Å². The number of Topliss-reactive ketones (excluding diaryl/α,β-unsaturated/α-hetero) is 1. The van der Waals surface area contributed by atoms with Crippen molar-refractivity contribution in [2.75, 3.05) is 39.4 Å². The van der Waals surface area contributed by atoms with Crippen molar-refractivity contribution < 1.29 is 19.1 Å². The van der Waals surface area contributed by atoms with Gasteiger partial charge in [0.05, 0.1) is 13.2 Å². The second kappa shape index (κ2) is 15.0. The molecular weight excluding hydrogens is 538 g/mol. The summed E-state index contributed by atoms with van der Waals surface area (Å²) in [6.45, 7) is 4.39. The zero-order valence-corrected chi connectivity index (χ0v) is 24.2. The number of amides is 2. The van der Waals surface area contributed by atoms with Gasteiger partial charge in [-0.15, -0.1) is 0 Å². The van der Waals surface area contributed by atoms with Crippen molar-refractivity contribution in [2.24, 2.45) is 0 Å². The Morgan fingerprint density at radius 2 is 1.53 bits per heavy atom. The average molecular weight is 576 g/mol. The molecular formula is C36H37N3O4. The maximum atomic E-state index is 13.6. The molecule has 1 heterocycles. The second-order valence-corrected chi connectivity index (χ2v) is 10.7. The summed E-state index contributed by atoms with van der Waals surface area (Å²) in [6.07, 6.45) is 4.80. The summed E-state index contributed by atoms with van der Waals surface area (Å²) in [7, 11) is 0. The van der Waals surface area contributed by atoms with E-state index in [0.717, 1.165) is 48.0 Å². The first-order valence-electron chi connectivity index (χ1n) is 14.8. The van der Waals surface area contributed by atoms with Gasteiger partial charge in [-0.25, -0.2) is 0 Å². The fourth-order valence-electron chi connectivity index (χ4n) is 5.22. The van der Waals surface area contributed by atoms with Gasteiger partial charge in [0, 0.05) is 31.6 Å². The van der Waals surface area contributed by atoms with Crippen LogP contribution in [0.3, 0.4) is 0 Å². The molecule has 4 aromatic rings. The van der Waals surface area contributed by atoms with Crippen molar-refractivity contribution >= 4 is 40.5 Å². The summed E-state index contributed by atoms with van der Waals surface area (Å²) in [4.78, 5) is 42.1. The SMILES string of the molecule is O=C(NCCCN1CCOCC1)C(=O)[C@H](Cc1ccccc1)NC(=O)c1ccccc1/C=C/c1ccc2ccccc2c1. The Kier molecular flexibility index (Phi) is 10.5. The molecule has 0 spiro atoms. The lowest BCUT2D eigenvalue weighted by molar-refractivity contribution is -0.139. The molecule has 7 heteroatoms. The van der Waals surface area contributed by atoms with Crippen LogP contribution in [0.25, 0.3) is 22.9 Å². The van der Waals surface area contributed by atoms with Crippen molar-refractivity contribution in [1.82, 2.24) is 15.5 Å². The van der Waals surface area contributed by atoms with Crippen LogP contribution in [0.2, 0.25) is 0 Å². The molecule has 0 saturated carbocycles. The van der Waals surface area contributed by atoms with E-state index in [0.29, 0.717) is 30.9 Å². The molecule has 7 nitrogen and oxygen atoms in total. The van der Waals surface area contributed by atoms with Crippen LogP contribution in [0, 0.1) is 0 Å². The highest BCUT2D eigenvalue weighted by molar-refractivity contribution is 6.38. The standard InChI is InChI=1S/C36H37N3O4/c40-34(36(42)37-19-8-20-39-21-23-43-24-22-39)33(26-27-9-2-1-3-10-27)38-35(41)32-14-7-6-12-30(32)18-16-28-15-17-29-11-4-5-13-31(29)25-28/h1-7,9-18,25,33H,8,19-24,26H2,(H,37,42)(H,38,41)/b18-16+/t33-/m0/s1. The molecule has 1 aliphatic rings.